The maximum absolute atomic E-state index is 13.1. The molecule has 1 unspecified atom stereocenters. The van der Waals surface area contributed by atoms with Crippen LogP contribution in [-0.4, -0.2) is 31.3 Å². The van der Waals surface area contributed by atoms with Gasteiger partial charge in [-0.1, -0.05) is 30.3 Å². The summed E-state index contributed by atoms with van der Waals surface area (Å²) < 4.78 is 14.3. The summed E-state index contributed by atoms with van der Waals surface area (Å²) in [4.78, 5) is 11.7. The molecule has 116 valence electrons. The zero-order valence-corrected chi connectivity index (χ0v) is 12.0. The fourth-order valence-corrected chi connectivity index (χ4v) is 2.31. The van der Waals surface area contributed by atoms with Crippen molar-refractivity contribution in [3.63, 3.8) is 0 Å². The van der Waals surface area contributed by atoms with Crippen molar-refractivity contribution < 1.29 is 14.3 Å². The molecule has 0 fully saturated rings. The number of carboxylic acids is 1. The van der Waals surface area contributed by atoms with E-state index in [1.165, 1.54) is 28.9 Å². The topological polar surface area (TPSA) is 80.9 Å². The van der Waals surface area contributed by atoms with Crippen molar-refractivity contribution in [1.82, 2.24) is 20.2 Å². The van der Waals surface area contributed by atoms with E-state index in [0.717, 1.165) is 5.56 Å². The van der Waals surface area contributed by atoms with E-state index >= 15 is 0 Å². The molecule has 1 aromatic heterocycles. The molecule has 0 bridgehead atoms. The zero-order valence-electron chi connectivity index (χ0n) is 12.0. The van der Waals surface area contributed by atoms with Crippen LogP contribution < -0.4 is 0 Å². The summed E-state index contributed by atoms with van der Waals surface area (Å²) in [5.74, 6) is -1.13. The van der Waals surface area contributed by atoms with E-state index < -0.39 is 12.0 Å². The highest BCUT2D eigenvalue weighted by Gasteiger charge is 2.25. The molecule has 2 aromatic carbocycles. The molecule has 0 aliphatic heterocycles. The average Bonchev–Trinajstić information content (AvgIpc) is 3.03. The molecule has 0 radical (unpaired) electrons. The van der Waals surface area contributed by atoms with Crippen LogP contribution in [0.2, 0.25) is 0 Å². The average molecular weight is 312 g/mol. The molecule has 0 aliphatic rings. The molecule has 0 aliphatic carbocycles. The lowest BCUT2D eigenvalue weighted by atomic mass is 10.1. The minimum atomic E-state index is -1.04. The Labute approximate surface area is 131 Å². The summed E-state index contributed by atoms with van der Waals surface area (Å²) in [6, 6.07) is 13.9. The standard InChI is InChI=1S/C16H13FN4O2/c17-13-8-6-12(7-9-13)15-18-19-20-21(15)14(16(22)23)10-11-4-2-1-3-5-11/h1-9,14H,10H2,(H,22,23). The number of aliphatic carboxylic acids is 1. The summed E-state index contributed by atoms with van der Waals surface area (Å²) in [5, 5.41) is 20.8. The van der Waals surface area contributed by atoms with Crippen molar-refractivity contribution >= 4 is 5.97 Å². The first kappa shape index (κ1) is 14.8. The van der Waals surface area contributed by atoms with Crippen LogP contribution in [0.4, 0.5) is 4.39 Å². The molecular formula is C16H13FN4O2. The molecule has 23 heavy (non-hydrogen) atoms. The van der Waals surface area contributed by atoms with E-state index in [9.17, 15) is 14.3 Å². The lowest BCUT2D eigenvalue weighted by molar-refractivity contribution is -0.141. The largest absolute Gasteiger partial charge is 0.480 e. The highest BCUT2D eigenvalue weighted by atomic mass is 19.1. The molecule has 6 nitrogen and oxygen atoms in total. The predicted molar refractivity (Wildman–Crippen MR) is 80.0 cm³/mol. The van der Waals surface area contributed by atoms with Crippen molar-refractivity contribution in [2.24, 2.45) is 0 Å². The summed E-state index contributed by atoms with van der Waals surface area (Å²) in [7, 11) is 0. The molecule has 0 saturated carbocycles. The number of hydrogen-bond donors (Lipinski definition) is 1. The molecule has 3 aromatic rings. The van der Waals surface area contributed by atoms with Crippen molar-refractivity contribution in [2.45, 2.75) is 12.5 Å². The Balaban J connectivity index is 1.97. The van der Waals surface area contributed by atoms with Gasteiger partial charge in [0.05, 0.1) is 0 Å². The smallest absolute Gasteiger partial charge is 0.329 e. The Morgan fingerprint density at radius 3 is 2.48 bits per heavy atom. The number of aromatic nitrogens is 4. The zero-order chi connectivity index (χ0) is 16.2. The van der Waals surface area contributed by atoms with E-state index in [2.05, 4.69) is 15.5 Å². The van der Waals surface area contributed by atoms with Crippen molar-refractivity contribution in [3.8, 4) is 11.4 Å². The van der Waals surface area contributed by atoms with Crippen LogP contribution in [0.1, 0.15) is 11.6 Å². The number of hydrogen-bond acceptors (Lipinski definition) is 4. The van der Waals surface area contributed by atoms with E-state index in [0.29, 0.717) is 5.56 Å². The van der Waals surface area contributed by atoms with Crippen molar-refractivity contribution in [3.05, 3.63) is 66.0 Å². The van der Waals surface area contributed by atoms with Gasteiger partial charge in [0, 0.05) is 12.0 Å². The number of nitrogens with zero attached hydrogens (tertiary/aromatic N) is 4. The van der Waals surface area contributed by atoms with Crippen LogP contribution >= 0.6 is 0 Å². The SMILES string of the molecule is O=C(O)C(Cc1ccccc1)n1nnnc1-c1ccc(F)cc1. The second-order valence-corrected chi connectivity index (χ2v) is 5.00. The molecule has 0 spiro atoms. The van der Waals surface area contributed by atoms with E-state index in [1.54, 1.807) is 0 Å². The third-order valence-corrected chi connectivity index (χ3v) is 3.45. The number of halogens is 1. The van der Waals surface area contributed by atoms with Crippen LogP contribution in [0.25, 0.3) is 11.4 Å². The molecule has 1 N–H and O–H groups in total. The quantitative estimate of drug-likeness (QED) is 0.782. The highest BCUT2D eigenvalue weighted by molar-refractivity contribution is 5.73. The third-order valence-electron chi connectivity index (χ3n) is 3.45. The van der Waals surface area contributed by atoms with Gasteiger partial charge in [0.2, 0.25) is 0 Å². The summed E-state index contributed by atoms with van der Waals surface area (Å²) in [6.45, 7) is 0. The van der Waals surface area contributed by atoms with Crippen molar-refractivity contribution in [1.29, 1.82) is 0 Å². The number of rotatable bonds is 5. The second kappa shape index (κ2) is 6.35. The minimum Gasteiger partial charge on any atom is -0.480 e. The lowest BCUT2D eigenvalue weighted by Gasteiger charge is -2.14. The Hall–Kier alpha value is -3.09. The Morgan fingerprint density at radius 2 is 1.83 bits per heavy atom. The van der Waals surface area contributed by atoms with Gasteiger partial charge in [-0.3, -0.25) is 0 Å². The molecule has 3 rings (SSSR count). The lowest BCUT2D eigenvalue weighted by Crippen LogP contribution is -2.23. The van der Waals surface area contributed by atoms with Crippen LogP contribution in [0.5, 0.6) is 0 Å². The normalized spacial score (nSPS) is 12.0. The summed E-state index contributed by atoms with van der Waals surface area (Å²) >= 11 is 0. The third kappa shape index (κ3) is 3.23. The van der Waals surface area contributed by atoms with Gasteiger partial charge >= 0.3 is 5.97 Å². The van der Waals surface area contributed by atoms with Gasteiger partial charge < -0.3 is 5.11 Å². The first-order valence-electron chi connectivity index (χ1n) is 6.95. The van der Waals surface area contributed by atoms with Gasteiger partial charge in [-0.15, -0.1) is 5.10 Å². The molecule has 1 heterocycles. The van der Waals surface area contributed by atoms with Gasteiger partial charge in [-0.05, 0) is 40.3 Å². The van der Waals surface area contributed by atoms with E-state index in [-0.39, 0.29) is 18.1 Å². The Bertz CT molecular complexity index is 802. The van der Waals surface area contributed by atoms with Crippen LogP contribution in [0.3, 0.4) is 0 Å². The molecular weight excluding hydrogens is 299 g/mol. The van der Waals surface area contributed by atoms with Gasteiger partial charge in [0.15, 0.2) is 11.9 Å². The van der Waals surface area contributed by atoms with E-state index in [1.807, 2.05) is 30.3 Å². The maximum atomic E-state index is 13.1. The monoisotopic (exact) mass is 312 g/mol. The second-order valence-electron chi connectivity index (χ2n) is 5.00. The fraction of sp³-hybridized carbons (Fsp3) is 0.125. The number of benzene rings is 2. The number of tetrazole rings is 1. The van der Waals surface area contributed by atoms with Gasteiger partial charge in [-0.25, -0.2) is 13.9 Å². The summed E-state index contributed by atoms with van der Waals surface area (Å²) in [6.07, 6.45) is 0.245. The Morgan fingerprint density at radius 1 is 1.13 bits per heavy atom. The first-order valence-corrected chi connectivity index (χ1v) is 6.95. The van der Waals surface area contributed by atoms with Crippen molar-refractivity contribution in [2.75, 3.05) is 0 Å². The molecule has 1 atom stereocenters. The maximum Gasteiger partial charge on any atom is 0.329 e. The summed E-state index contributed by atoms with van der Waals surface area (Å²) in [5.41, 5.74) is 1.41. The molecule has 0 amide bonds. The predicted octanol–water partition coefficient (Wildman–Crippen LogP) is 2.35. The van der Waals surface area contributed by atoms with Gasteiger partial charge in [0.1, 0.15) is 5.82 Å². The highest BCUT2D eigenvalue weighted by Crippen LogP contribution is 2.22. The molecule has 7 heteroatoms. The van der Waals surface area contributed by atoms with Gasteiger partial charge in [0.25, 0.3) is 0 Å². The first-order chi connectivity index (χ1) is 11.1. The molecule has 0 saturated heterocycles. The number of carbonyl (C=O) groups is 1. The Kier molecular flexibility index (Phi) is 4.09. The van der Waals surface area contributed by atoms with Crippen LogP contribution in [0, 0.1) is 5.82 Å². The van der Waals surface area contributed by atoms with Crippen LogP contribution in [-0.2, 0) is 11.2 Å². The van der Waals surface area contributed by atoms with Gasteiger partial charge in [-0.2, -0.15) is 0 Å². The fourth-order valence-electron chi connectivity index (χ4n) is 2.31. The minimum absolute atomic E-state index is 0.245. The number of carboxylic acid groups (broad SMARTS) is 1. The van der Waals surface area contributed by atoms with E-state index in [4.69, 9.17) is 0 Å². The van der Waals surface area contributed by atoms with Crippen LogP contribution in [0.15, 0.2) is 54.6 Å².